The molecule has 4 rings (SSSR count). The average molecular weight is 337 g/mol. The first-order chi connectivity index (χ1) is 12.0. The molecule has 2 aromatic carbocycles. The lowest BCUT2D eigenvalue weighted by atomic mass is 10.1. The molecule has 1 amide bonds. The molecule has 6 nitrogen and oxygen atoms in total. The zero-order valence-corrected chi connectivity index (χ0v) is 13.1. The Morgan fingerprint density at radius 2 is 2.08 bits per heavy atom. The molecule has 0 aliphatic carbocycles. The van der Waals surface area contributed by atoms with Crippen molar-refractivity contribution in [2.24, 2.45) is 0 Å². The summed E-state index contributed by atoms with van der Waals surface area (Å²) in [7, 11) is 0. The number of pyridine rings is 1. The van der Waals surface area contributed by atoms with Crippen molar-refractivity contribution in [1.82, 2.24) is 9.97 Å². The smallest absolute Gasteiger partial charge is 0.261 e. The number of aromatic nitrogens is 2. The molecule has 0 aliphatic heterocycles. The molecule has 0 unspecified atom stereocenters. The molecule has 4 aromatic rings. The maximum atomic E-state index is 13.2. The van der Waals surface area contributed by atoms with Crippen LogP contribution in [0.3, 0.4) is 0 Å². The van der Waals surface area contributed by atoms with E-state index in [1.165, 1.54) is 24.3 Å². The van der Waals surface area contributed by atoms with Crippen molar-refractivity contribution in [1.29, 1.82) is 0 Å². The molecule has 0 saturated carbocycles. The minimum Gasteiger partial charge on any atom is -0.439 e. The lowest BCUT2D eigenvalue weighted by molar-refractivity contribution is 0.102. The highest BCUT2D eigenvalue weighted by atomic mass is 19.1. The van der Waals surface area contributed by atoms with Gasteiger partial charge in [0, 0.05) is 6.92 Å². The van der Waals surface area contributed by atoms with Gasteiger partial charge >= 0.3 is 0 Å². The predicted molar refractivity (Wildman–Crippen MR) is 91.2 cm³/mol. The van der Waals surface area contributed by atoms with Gasteiger partial charge in [-0.05, 0) is 41.8 Å². The number of hydrogen-bond acceptors (Lipinski definition) is 4. The average Bonchev–Trinajstić information content (AvgIpc) is 2.95. The minimum atomic E-state index is -0.600. The van der Waals surface area contributed by atoms with Crippen LogP contribution >= 0.6 is 0 Å². The standard InChI is InChI=1S/C18H12FN3O3/c1-9-20-13-3-2-4-14(16(13)25-9)21-17(23)12-7-10-5-6-11(19)8-15(10)22-18(12)24/h2-8H,1H3,(H,21,23)(H,22,24). The van der Waals surface area contributed by atoms with Crippen molar-refractivity contribution in [2.75, 3.05) is 5.32 Å². The number of carbonyl (C=O) groups excluding carboxylic acids is 1. The number of hydrogen-bond donors (Lipinski definition) is 2. The lowest BCUT2D eigenvalue weighted by Crippen LogP contribution is -2.23. The summed E-state index contributed by atoms with van der Waals surface area (Å²) in [6.45, 7) is 1.71. The summed E-state index contributed by atoms with van der Waals surface area (Å²) in [5.41, 5.74) is 1.12. The summed E-state index contributed by atoms with van der Waals surface area (Å²) in [5.74, 6) is -0.580. The SMILES string of the molecule is Cc1nc2cccc(NC(=O)c3cc4ccc(F)cc4[nH]c3=O)c2o1. The van der Waals surface area contributed by atoms with E-state index in [2.05, 4.69) is 15.3 Å². The molecule has 0 spiro atoms. The summed E-state index contributed by atoms with van der Waals surface area (Å²) in [6, 6.07) is 10.5. The van der Waals surface area contributed by atoms with Gasteiger partial charge in [-0.1, -0.05) is 6.07 Å². The molecule has 2 aromatic heterocycles. The molecule has 0 fully saturated rings. The quantitative estimate of drug-likeness (QED) is 0.587. The maximum absolute atomic E-state index is 13.2. The first-order valence-electron chi connectivity index (χ1n) is 7.51. The fourth-order valence-electron chi connectivity index (χ4n) is 2.69. The zero-order valence-electron chi connectivity index (χ0n) is 13.1. The number of aryl methyl sites for hydroxylation is 1. The van der Waals surface area contributed by atoms with E-state index in [1.807, 2.05) is 0 Å². The fourth-order valence-corrected chi connectivity index (χ4v) is 2.69. The number of anilines is 1. The normalized spacial score (nSPS) is 11.1. The number of aromatic amines is 1. The number of H-pyrrole nitrogens is 1. The number of oxazole rings is 1. The van der Waals surface area contributed by atoms with Gasteiger partial charge in [-0.15, -0.1) is 0 Å². The van der Waals surface area contributed by atoms with Crippen LogP contribution in [-0.4, -0.2) is 15.9 Å². The molecule has 0 atom stereocenters. The van der Waals surface area contributed by atoms with Crippen LogP contribution in [0.2, 0.25) is 0 Å². The van der Waals surface area contributed by atoms with Gasteiger partial charge in [0.2, 0.25) is 0 Å². The highest BCUT2D eigenvalue weighted by Crippen LogP contribution is 2.24. The van der Waals surface area contributed by atoms with E-state index in [1.54, 1.807) is 25.1 Å². The van der Waals surface area contributed by atoms with Crippen molar-refractivity contribution in [3.8, 4) is 0 Å². The first-order valence-corrected chi connectivity index (χ1v) is 7.51. The second-order valence-electron chi connectivity index (χ2n) is 5.58. The monoisotopic (exact) mass is 337 g/mol. The Bertz CT molecular complexity index is 1190. The van der Waals surface area contributed by atoms with Gasteiger partial charge < -0.3 is 14.7 Å². The maximum Gasteiger partial charge on any atom is 0.261 e. The summed E-state index contributed by atoms with van der Waals surface area (Å²) in [5, 5.41) is 3.22. The molecular formula is C18H12FN3O3. The Labute approximate surface area is 140 Å². The molecule has 2 heterocycles. The molecule has 0 aliphatic rings. The fraction of sp³-hybridized carbons (Fsp3) is 0.0556. The van der Waals surface area contributed by atoms with Gasteiger partial charge in [0.05, 0.1) is 11.2 Å². The third kappa shape index (κ3) is 2.65. The number of nitrogens with zero attached hydrogens (tertiary/aromatic N) is 1. The van der Waals surface area contributed by atoms with E-state index >= 15 is 0 Å². The van der Waals surface area contributed by atoms with E-state index in [0.717, 1.165) is 0 Å². The van der Waals surface area contributed by atoms with E-state index < -0.39 is 17.3 Å². The summed E-state index contributed by atoms with van der Waals surface area (Å²) in [6.07, 6.45) is 0. The van der Waals surface area contributed by atoms with Crippen LogP contribution in [-0.2, 0) is 0 Å². The highest BCUT2D eigenvalue weighted by molar-refractivity contribution is 6.08. The molecule has 2 N–H and O–H groups in total. The van der Waals surface area contributed by atoms with Gasteiger partial charge in [-0.2, -0.15) is 0 Å². The second kappa shape index (κ2) is 5.55. The summed E-state index contributed by atoms with van der Waals surface area (Å²) in [4.78, 5) is 31.4. The van der Waals surface area contributed by atoms with Crippen LogP contribution in [0.5, 0.6) is 0 Å². The van der Waals surface area contributed by atoms with Gasteiger partial charge in [0.15, 0.2) is 11.5 Å². The molecule has 124 valence electrons. The summed E-state index contributed by atoms with van der Waals surface area (Å²) < 4.78 is 18.7. The molecule has 0 radical (unpaired) electrons. The molecule has 0 saturated heterocycles. The predicted octanol–water partition coefficient (Wildman–Crippen LogP) is 3.37. The third-order valence-corrected chi connectivity index (χ3v) is 3.82. The lowest BCUT2D eigenvalue weighted by Gasteiger charge is -2.06. The minimum absolute atomic E-state index is 0.0765. The Hall–Kier alpha value is -3.48. The number of nitrogens with one attached hydrogen (secondary N) is 2. The number of rotatable bonds is 2. The number of fused-ring (bicyclic) bond motifs is 2. The largest absolute Gasteiger partial charge is 0.439 e. The van der Waals surface area contributed by atoms with Crippen molar-refractivity contribution < 1.29 is 13.6 Å². The van der Waals surface area contributed by atoms with E-state index in [-0.39, 0.29) is 5.56 Å². The van der Waals surface area contributed by atoms with E-state index in [9.17, 15) is 14.0 Å². The van der Waals surface area contributed by atoms with Crippen molar-refractivity contribution in [2.45, 2.75) is 6.92 Å². The molecule has 25 heavy (non-hydrogen) atoms. The number of halogens is 1. The summed E-state index contributed by atoms with van der Waals surface area (Å²) >= 11 is 0. The van der Waals surface area contributed by atoms with Crippen LogP contribution in [0.25, 0.3) is 22.0 Å². The topological polar surface area (TPSA) is 88.0 Å². The van der Waals surface area contributed by atoms with Crippen molar-refractivity contribution in [3.63, 3.8) is 0 Å². The van der Waals surface area contributed by atoms with Crippen molar-refractivity contribution >= 4 is 33.6 Å². The Morgan fingerprint density at radius 3 is 2.92 bits per heavy atom. The first kappa shape index (κ1) is 15.1. The molecule has 7 heteroatoms. The van der Waals surface area contributed by atoms with Crippen LogP contribution in [0.4, 0.5) is 10.1 Å². The highest BCUT2D eigenvalue weighted by Gasteiger charge is 2.15. The van der Waals surface area contributed by atoms with Crippen LogP contribution in [0.1, 0.15) is 16.2 Å². The number of carbonyl (C=O) groups is 1. The van der Waals surface area contributed by atoms with Crippen molar-refractivity contribution in [3.05, 3.63) is 70.1 Å². The number of amides is 1. The third-order valence-electron chi connectivity index (χ3n) is 3.82. The Morgan fingerprint density at radius 1 is 1.24 bits per heavy atom. The van der Waals surface area contributed by atoms with Gasteiger partial charge in [-0.25, -0.2) is 9.37 Å². The van der Waals surface area contributed by atoms with Crippen LogP contribution in [0, 0.1) is 12.7 Å². The van der Waals surface area contributed by atoms with Crippen LogP contribution < -0.4 is 10.9 Å². The second-order valence-corrected chi connectivity index (χ2v) is 5.58. The Balaban J connectivity index is 1.75. The van der Waals surface area contributed by atoms with Gasteiger partial charge in [-0.3, -0.25) is 9.59 Å². The molecule has 0 bridgehead atoms. The van der Waals surface area contributed by atoms with Crippen LogP contribution in [0.15, 0.2) is 51.7 Å². The van der Waals surface area contributed by atoms with E-state index in [4.69, 9.17) is 4.42 Å². The number of benzene rings is 2. The molecular weight excluding hydrogens is 325 g/mol. The van der Waals surface area contributed by atoms with Gasteiger partial charge in [0.25, 0.3) is 11.5 Å². The number of para-hydroxylation sites is 1. The van der Waals surface area contributed by atoms with Gasteiger partial charge in [0.1, 0.15) is 16.9 Å². The Kier molecular flexibility index (Phi) is 3.35. The zero-order chi connectivity index (χ0) is 17.6. The van der Waals surface area contributed by atoms with E-state index in [0.29, 0.717) is 33.6 Å².